The summed E-state index contributed by atoms with van der Waals surface area (Å²) in [5.74, 6) is 1.78. The molecule has 0 N–H and O–H groups in total. The molecule has 0 aliphatic heterocycles. The van der Waals surface area contributed by atoms with Crippen molar-refractivity contribution in [2.75, 3.05) is 0 Å². The van der Waals surface area contributed by atoms with Crippen molar-refractivity contribution in [2.45, 2.75) is 40.5 Å². The summed E-state index contributed by atoms with van der Waals surface area (Å²) < 4.78 is 2.03. The molecule has 1 atom stereocenters. The van der Waals surface area contributed by atoms with Crippen molar-refractivity contribution in [1.82, 2.24) is 9.55 Å². The third-order valence-electron chi connectivity index (χ3n) is 4.44. The lowest BCUT2D eigenvalue weighted by Gasteiger charge is -2.11. The molecule has 3 rings (SSSR count). The van der Waals surface area contributed by atoms with Gasteiger partial charge in [0.2, 0.25) is 0 Å². The maximum atomic E-state index is 11.7. The van der Waals surface area contributed by atoms with Gasteiger partial charge in [-0.1, -0.05) is 56.7 Å². The van der Waals surface area contributed by atoms with Gasteiger partial charge in [-0.15, -0.1) is 9.24 Å². The number of carbonyl (C=O) groups is 1. The van der Waals surface area contributed by atoms with Crippen molar-refractivity contribution in [3.8, 4) is 5.69 Å². The van der Waals surface area contributed by atoms with Crippen molar-refractivity contribution in [3.05, 3.63) is 72.4 Å². The van der Waals surface area contributed by atoms with E-state index in [1.165, 1.54) is 12.8 Å². The van der Waals surface area contributed by atoms with Crippen LogP contribution in [-0.4, -0.2) is 15.3 Å². The molecule has 0 amide bonds. The molecular weight excluding hydrogens is 375 g/mol. The smallest absolute Gasteiger partial charge is 0.153 e. The maximum absolute atomic E-state index is 11.7. The summed E-state index contributed by atoms with van der Waals surface area (Å²) in [6.45, 7) is 11.6. The topological polar surface area (TPSA) is 34.9 Å². The van der Waals surface area contributed by atoms with E-state index in [0.717, 1.165) is 33.9 Å². The second-order valence-corrected chi connectivity index (χ2v) is 7.90. The van der Waals surface area contributed by atoms with Crippen LogP contribution in [0.1, 0.15) is 57.7 Å². The molecule has 0 spiro atoms. The number of rotatable bonds is 6. The van der Waals surface area contributed by atoms with E-state index in [9.17, 15) is 4.79 Å². The highest BCUT2D eigenvalue weighted by Gasteiger charge is 2.17. The Morgan fingerprint density at radius 1 is 1.21 bits per heavy atom. The minimum atomic E-state index is -0.0179. The van der Waals surface area contributed by atoms with Gasteiger partial charge >= 0.3 is 0 Å². The van der Waals surface area contributed by atoms with Crippen LogP contribution >= 0.6 is 9.24 Å². The lowest BCUT2D eigenvalue weighted by molar-refractivity contribution is -0.112. The molecule has 2 aromatic rings. The fourth-order valence-corrected chi connectivity index (χ4v) is 2.95. The summed E-state index contributed by atoms with van der Waals surface area (Å²) in [4.78, 5) is 16.5. The van der Waals surface area contributed by atoms with Crippen LogP contribution in [0.15, 0.2) is 55.1 Å². The van der Waals surface area contributed by atoms with Crippen LogP contribution in [0.5, 0.6) is 0 Å². The minimum Gasteiger partial charge on any atom is -0.295 e. The molecule has 1 unspecified atom stereocenters. The SMILES string of the molecule is C=Cc1c(/C=C\C)nc(C(/C=C\C)=C/C(C)=O)n1-c1ccc(P)cc1.CC1CC1. The fourth-order valence-electron chi connectivity index (χ4n) is 2.76. The first kappa shape index (κ1) is 22.8. The molecule has 1 saturated carbocycles. The van der Waals surface area contributed by atoms with Gasteiger partial charge in [0, 0.05) is 11.3 Å². The molecule has 29 heavy (non-hydrogen) atoms. The van der Waals surface area contributed by atoms with Gasteiger partial charge in [-0.2, -0.15) is 0 Å². The standard InChI is InChI=1S/C21H23N2OP.C4H8/c1-5-8-16(14-15(4)24)21-22-19(9-6-2)20(7-3)23(21)17-10-12-18(25)13-11-17;1-4-2-3-4/h5-14H,3,25H2,1-2,4H3;4H,2-3H2,1H3/b8-5-,9-6-,16-14+;. The first-order chi connectivity index (χ1) is 13.9. The van der Waals surface area contributed by atoms with Gasteiger partial charge in [0.15, 0.2) is 5.78 Å². The van der Waals surface area contributed by atoms with Crippen LogP contribution in [-0.2, 0) is 4.79 Å². The highest BCUT2D eigenvalue weighted by Crippen LogP contribution is 2.27. The van der Waals surface area contributed by atoms with Crippen LogP contribution in [0, 0.1) is 5.92 Å². The summed E-state index contributed by atoms with van der Waals surface area (Å²) in [5, 5.41) is 1.10. The average molecular weight is 407 g/mol. The summed E-state index contributed by atoms with van der Waals surface area (Å²) in [6.07, 6.45) is 14.1. The van der Waals surface area contributed by atoms with E-state index in [2.05, 4.69) is 22.7 Å². The minimum absolute atomic E-state index is 0.0179. The Balaban J connectivity index is 0.000000666. The second kappa shape index (κ2) is 10.9. The number of benzene rings is 1. The third kappa shape index (κ3) is 6.51. The molecule has 1 aliphatic rings. The summed E-state index contributed by atoms with van der Waals surface area (Å²) in [5.41, 5.74) is 3.45. The van der Waals surface area contributed by atoms with Crippen LogP contribution < -0.4 is 5.30 Å². The third-order valence-corrected chi connectivity index (χ3v) is 4.82. The monoisotopic (exact) mass is 406 g/mol. The Hall–Kier alpha value is -2.51. The van der Waals surface area contributed by atoms with Crippen LogP contribution in [0.4, 0.5) is 0 Å². The first-order valence-corrected chi connectivity index (χ1v) is 10.6. The van der Waals surface area contributed by atoms with Gasteiger partial charge in [0.05, 0.1) is 11.4 Å². The van der Waals surface area contributed by atoms with Gasteiger partial charge in [-0.3, -0.25) is 9.36 Å². The van der Waals surface area contributed by atoms with Crippen molar-refractivity contribution >= 4 is 38.1 Å². The Morgan fingerprint density at radius 2 is 1.83 bits per heavy atom. The number of ketones is 1. The maximum Gasteiger partial charge on any atom is 0.153 e. The van der Waals surface area contributed by atoms with Gasteiger partial charge in [-0.25, -0.2) is 4.98 Å². The molecule has 1 fully saturated rings. The molecule has 152 valence electrons. The number of hydrogen-bond donors (Lipinski definition) is 0. The zero-order valence-electron chi connectivity index (χ0n) is 17.9. The molecule has 0 bridgehead atoms. The first-order valence-electron chi connectivity index (χ1n) is 10.00. The number of carbonyl (C=O) groups excluding carboxylic acids is 1. The Bertz CT molecular complexity index is 942. The predicted molar refractivity (Wildman–Crippen MR) is 130 cm³/mol. The van der Waals surface area contributed by atoms with Crippen molar-refractivity contribution < 1.29 is 4.79 Å². The number of hydrogen-bond acceptors (Lipinski definition) is 2. The highest BCUT2D eigenvalue weighted by atomic mass is 31.0. The van der Waals surface area contributed by atoms with Gasteiger partial charge < -0.3 is 0 Å². The second-order valence-electron chi connectivity index (χ2n) is 7.23. The number of imidazole rings is 1. The predicted octanol–water partition coefficient (Wildman–Crippen LogP) is 6.01. The molecule has 0 radical (unpaired) electrons. The molecular formula is C25H31N2OP. The summed E-state index contributed by atoms with van der Waals surface area (Å²) in [7, 11) is 2.68. The Morgan fingerprint density at radius 3 is 2.28 bits per heavy atom. The van der Waals surface area contributed by atoms with E-state index < -0.39 is 0 Å². The zero-order valence-corrected chi connectivity index (χ0v) is 19.0. The van der Waals surface area contributed by atoms with E-state index in [1.807, 2.05) is 67.0 Å². The van der Waals surface area contributed by atoms with Gasteiger partial charge in [0.1, 0.15) is 5.82 Å². The molecule has 1 aromatic heterocycles. The Labute approximate surface area is 177 Å². The zero-order chi connectivity index (χ0) is 21.4. The normalized spacial score (nSPS) is 14.2. The van der Waals surface area contributed by atoms with E-state index in [4.69, 9.17) is 4.98 Å². The molecule has 4 heteroatoms. The molecule has 1 aromatic carbocycles. The van der Waals surface area contributed by atoms with Crippen molar-refractivity contribution in [1.29, 1.82) is 0 Å². The summed E-state index contributed by atoms with van der Waals surface area (Å²) in [6, 6.07) is 8.11. The lowest BCUT2D eigenvalue weighted by atomic mass is 10.1. The molecule has 1 aliphatic carbocycles. The van der Waals surface area contributed by atoms with E-state index in [-0.39, 0.29) is 5.78 Å². The lowest BCUT2D eigenvalue weighted by Crippen LogP contribution is -2.04. The number of allylic oxidation sites excluding steroid dienone is 5. The highest BCUT2D eigenvalue weighted by molar-refractivity contribution is 7.27. The number of nitrogens with zero attached hydrogens (tertiary/aromatic N) is 2. The largest absolute Gasteiger partial charge is 0.295 e. The van der Waals surface area contributed by atoms with Crippen LogP contribution in [0.25, 0.3) is 23.4 Å². The van der Waals surface area contributed by atoms with Gasteiger partial charge in [0.25, 0.3) is 0 Å². The molecule has 0 saturated heterocycles. The van der Waals surface area contributed by atoms with Gasteiger partial charge in [-0.05, 0) is 62.4 Å². The average Bonchev–Trinajstić information content (AvgIpc) is 3.38. The van der Waals surface area contributed by atoms with E-state index >= 15 is 0 Å². The molecule has 3 nitrogen and oxygen atoms in total. The molecule has 1 heterocycles. The van der Waals surface area contributed by atoms with Crippen molar-refractivity contribution in [3.63, 3.8) is 0 Å². The number of aromatic nitrogens is 2. The Kier molecular flexibility index (Phi) is 8.54. The van der Waals surface area contributed by atoms with Crippen LogP contribution in [0.3, 0.4) is 0 Å². The van der Waals surface area contributed by atoms with E-state index in [0.29, 0.717) is 5.82 Å². The fraction of sp³-hybridized carbons (Fsp3) is 0.280. The quantitative estimate of drug-likeness (QED) is 0.334. The van der Waals surface area contributed by atoms with Crippen LogP contribution in [0.2, 0.25) is 0 Å². The van der Waals surface area contributed by atoms with E-state index in [1.54, 1.807) is 19.1 Å². The van der Waals surface area contributed by atoms with Crippen molar-refractivity contribution in [2.24, 2.45) is 5.92 Å². The summed E-state index contributed by atoms with van der Waals surface area (Å²) >= 11 is 0.